The van der Waals surface area contributed by atoms with Gasteiger partial charge >= 0.3 is 0 Å². The first-order valence-electron chi connectivity index (χ1n) is 11.7. The molecular formula is C27H35NO2S. The molecule has 0 unspecified atom stereocenters. The van der Waals surface area contributed by atoms with Gasteiger partial charge in [0.1, 0.15) is 4.99 Å². The summed E-state index contributed by atoms with van der Waals surface area (Å²) in [6.07, 6.45) is 2.26. The molecule has 0 spiro atoms. The first-order valence-corrected chi connectivity index (χ1v) is 12.1. The van der Waals surface area contributed by atoms with E-state index >= 15 is 0 Å². The molecule has 0 aromatic heterocycles. The molecule has 0 saturated carbocycles. The van der Waals surface area contributed by atoms with E-state index in [1.165, 1.54) is 27.8 Å². The zero-order valence-corrected chi connectivity index (χ0v) is 20.5. The fourth-order valence-corrected chi connectivity index (χ4v) is 5.28. The second-order valence-electron chi connectivity index (χ2n) is 9.81. The molecule has 31 heavy (non-hydrogen) atoms. The predicted octanol–water partition coefficient (Wildman–Crippen LogP) is 7.30. The molecule has 4 heteroatoms. The van der Waals surface area contributed by atoms with Crippen molar-refractivity contribution in [2.24, 2.45) is 0 Å². The zero-order valence-electron chi connectivity index (χ0n) is 19.7. The molecule has 0 bridgehead atoms. The van der Waals surface area contributed by atoms with Crippen molar-refractivity contribution < 1.29 is 9.47 Å². The lowest BCUT2D eigenvalue weighted by molar-refractivity contribution is 0.174. The van der Waals surface area contributed by atoms with Crippen LogP contribution in [0.5, 0.6) is 11.5 Å². The molecule has 2 aliphatic heterocycles. The number of nitrogens with zero attached hydrogens (tertiary/aromatic N) is 1. The highest BCUT2D eigenvalue weighted by Gasteiger charge is 2.32. The van der Waals surface area contributed by atoms with Crippen LogP contribution in [0.1, 0.15) is 106 Å². The Balaban J connectivity index is 1.76. The lowest BCUT2D eigenvalue weighted by atomic mass is 9.84. The van der Waals surface area contributed by atoms with Gasteiger partial charge in [-0.05, 0) is 65.0 Å². The Morgan fingerprint density at radius 1 is 0.903 bits per heavy atom. The molecular weight excluding hydrogens is 402 g/mol. The number of fused-ring (bicyclic) bond motifs is 1. The molecule has 2 aromatic carbocycles. The van der Waals surface area contributed by atoms with Gasteiger partial charge in [-0.1, -0.05) is 72.0 Å². The van der Waals surface area contributed by atoms with Gasteiger partial charge in [-0.2, -0.15) is 0 Å². The van der Waals surface area contributed by atoms with Gasteiger partial charge in [-0.3, -0.25) is 0 Å². The highest BCUT2D eigenvalue weighted by Crippen LogP contribution is 2.41. The number of hydrogen-bond donors (Lipinski definition) is 0. The summed E-state index contributed by atoms with van der Waals surface area (Å²) in [5.41, 5.74) is 6.73. The second-order valence-corrected chi connectivity index (χ2v) is 10.2. The van der Waals surface area contributed by atoms with Crippen LogP contribution in [0.4, 0.5) is 0 Å². The molecule has 1 atom stereocenters. The van der Waals surface area contributed by atoms with Crippen LogP contribution in [0.3, 0.4) is 0 Å². The third-order valence-corrected chi connectivity index (χ3v) is 7.08. The van der Waals surface area contributed by atoms with Gasteiger partial charge in [0.2, 0.25) is 6.79 Å². The van der Waals surface area contributed by atoms with E-state index in [-0.39, 0.29) is 6.04 Å². The van der Waals surface area contributed by atoms with Crippen LogP contribution in [0, 0.1) is 0 Å². The van der Waals surface area contributed by atoms with E-state index < -0.39 is 0 Å². The van der Waals surface area contributed by atoms with Gasteiger partial charge in [0.25, 0.3) is 0 Å². The highest BCUT2D eigenvalue weighted by molar-refractivity contribution is 7.80. The molecule has 0 aliphatic carbocycles. The van der Waals surface area contributed by atoms with Gasteiger partial charge in [-0.25, -0.2) is 0 Å². The smallest absolute Gasteiger partial charge is 0.231 e. The van der Waals surface area contributed by atoms with Crippen LogP contribution in [0.2, 0.25) is 0 Å². The van der Waals surface area contributed by atoms with E-state index in [2.05, 4.69) is 70.7 Å². The van der Waals surface area contributed by atoms with Crippen LogP contribution in [0.25, 0.3) is 0 Å². The number of thiocarbonyl (C=S) groups is 1. The Morgan fingerprint density at radius 3 is 2.16 bits per heavy atom. The van der Waals surface area contributed by atoms with Crippen molar-refractivity contribution in [1.29, 1.82) is 0 Å². The molecule has 1 saturated heterocycles. The number of benzene rings is 2. The average Bonchev–Trinajstić information content (AvgIpc) is 3.40. The summed E-state index contributed by atoms with van der Waals surface area (Å²) in [4.78, 5) is 3.46. The fraction of sp³-hybridized carbons (Fsp3) is 0.519. The number of hydrogen-bond acceptors (Lipinski definition) is 3. The summed E-state index contributed by atoms with van der Waals surface area (Å²) in [7, 11) is 0. The molecule has 0 N–H and O–H groups in total. The lowest BCUT2D eigenvalue weighted by Crippen LogP contribution is -2.31. The van der Waals surface area contributed by atoms with E-state index in [1.54, 1.807) is 0 Å². The third-order valence-electron chi connectivity index (χ3n) is 6.64. The Morgan fingerprint density at radius 2 is 1.55 bits per heavy atom. The molecule has 2 heterocycles. The van der Waals surface area contributed by atoms with E-state index in [4.69, 9.17) is 21.7 Å². The normalized spacial score (nSPS) is 18.0. The monoisotopic (exact) mass is 437 g/mol. The van der Waals surface area contributed by atoms with Crippen LogP contribution < -0.4 is 9.47 Å². The van der Waals surface area contributed by atoms with E-state index in [0.717, 1.165) is 35.9 Å². The second kappa shape index (κ2) is 8.82. The number of ether oxygens (including phenoxy) is 2. The summed E-state index contributed by atoms with van der Waals surface area (Å²) in [6, 6.07) is 11.4. The highest BCUT2D eigenvalue weighted by atomic mass is 32.1. The largest absolute Gasteiger partial charge is 0.454 e. The van der Waals surface area contributed by atoms with Crippen LogP contribution in [0.15, 0.2) is 30.3 Å². The summed E-state index contributed by atoms with van der Waals surface area (Å²) in [6.45, 7) is 15.0. The summed E-state index contributed by atoms with van der Waals surface area (Å²) in [5, 5.41) is 0. The minimum absolute atomic E-state index is 0.284. The molecule has 2 aromatic rings. The van der Waals surface area contributed by atoms with E-state index in [0.29, 0.717) is 24.5 Å². The Kier molecular flexibility index (Phi) is 6.30. The maximum absolute atomic E-state index is 6.25. The van der Waals surface area contributed by atoms with Crippen LogP contribution >= 0.6 is 12.2 Å². The van der Waals surface area contributed by atoms with Crippen molar-refractivity contribution in [3.63, 3.8) is 0 Å². The van der Waals surface area contributed by atoms with Gasteiger partial charge in [0.05, 0.1) is 6.04 Å². The number of rotatable bonds is 5. The van der Waals surface area contributed by atoms with Crippen molar-refractivity contribution in [2.45, 2.75) is 78.2 Å². The first kappa shape index (κ1) is 22.1. The fourth-order valence-electron chi connectivity index (χ4n) is 4.82. The predicted molar refractivity (Wildman–Crippen MR) is 132 cm³/mol. The summed E-state index contributed by atoms with van der Waals surface area (Å²) < 4.78 is 11.2. The van der Waals surface area contributed by atoms with Crippen LogP contribution in [-0.2, 0) is 0 Å². The molecule has 0 amide bonds. The lowest BCUT2D eigenvalue weighted by Gasteiger charge is -2.32. The summed E-state index contributed by atoms with van der Waals surface area (Å²) >= 11 is 6.25. The molecule has 0 radical (unpaired) electrons. The Hall–Kier alpha value is -2.07. The first-order chi connectivity index (χ1) is 14.8. The van der Waals surface area contributed by atoms with Gasteiger partial charge < -0.3 is 14.4 Å². The van der Waals surface area contributed by atoms with E-state index in [9.17, 15) is 0 Å². The standard InChI is InChI=1S/C27H35NO2S/c1-16(2)20-12-21(17(3)4)26(22(13-20)18(5)6)27(31)28-11-7-8-23(28)19-9-10-24-25(14-19)30-15-29-24/h9-10,12-14,16-18,23H,7-8,11,15H2,1-6H3/t23-/m1/s1. The molecule has 2 aliphatic rings. The SMILES string of the molecule is CC(C)c1cc(C(C)C)c(C(=S)N2CCC[C@@H]2c2ccc3c(c2)OCO3)c(C(C)C)c1. The Labute approximate surface area is 192 Å². The summed E-state index contributed by atoms with van der Waals surface area (Å²) in [5.74, 6) is 3.05. The minimum atomic E-state index is 0.284. The maximum Gasteiger partial charge on any atom is 0.231 e. The molecule has 166 valence electrons. The topological polar surface area (TPSA) is 21.7 Å². The van der Waals surface area contributed by atoms with Crippen molar-refractivity contribution in [3.8, 4) is 11.5 Å². The molecule has 3 nitrogen and oxygen atoms in total. The number of likely N-dealkylation sites (tertiary alicyclic amines) is 1. The maximum atomic E-state index is 6.25. The van der Waals surface area contributed by atoms with Crippen LogP contribution in [-0.4, -0.2) is 23.2 Å². The van der Waals surface area contributed by atoms with Crippen molar-refractivity contribution in [2.75, 3.05) is 13.3 Å². The van der Waals surface area contributed by atoms with Gasteiger partial charge in [-0.15, -0.1) is 0 Å². The van der Waals surface area contributed by atoms with Crippen molar-refractivity contribution >= 4 is 17.2 Å². The minimum Gasteiger partial charge on any atom is -0.454 e. The third kappa shape index (κ3) is 4.19. The van der Waals surface area contributed by atoms with Crippen molar-refractivity contribution in [1.82, 2.24) is 4.90 Å². The molecule has 1 fully saturated rings. The zero-order chi connectivity index (χ0) is 22.3. The van der Waals surface area contributed by atoms with Crippen molar-refractivity contribution in [3.05, 3.63) is 58.1 Å². The molecule has 4 rings (SSSR count). The average molecular weight is 438 g/mol. The quantitative estimate of drug-likeness (QED) is 0.458. The van der Waals surface area contributed by atoms with E-state index in [1.807, 2.05) is 6.07 Å². The van der Waals surface area contributed by atoms with Gasteiger partial charge in [0, 0.05) is 12.1 Å². The Bertz CT molecular complexity index is 950. The van der Waals surface area contributed by atoms with Gasteiger partial charge in [0.15, 0.2) is 11.5 Å².